The van der Waals surface area contributed by atoms with Crippen molar-refractivity contribution in [2.24, 2.45) is 5.92 Å². The lowest BCUT2D eigenvalue weighted by Crippen LogP contribution is -2.28. The first-order valence-corrected chi connectivity index (χ1v) is 8.70. The van der Waals surface area contributed by atoms with Gasteiger partial charge in [-0.3, -0.25) is 4.79 Å². The molecule has 1 atom stereocenters. The van der Waals surface area contributed by atoms with Crippen LogP contribution in [-0.4, -0.2) is 24.6 Å². The van der Waals surface area contributed by atoms with Crippen molar-refractivity contribution in [2.75, 3.05) is 17.2 Å². The maximum absolute atomic E-state index is 12.1. The summed E-state index contributed by atoms with van der Waals surface area (Å²) in [6, 6.07) is 10.1. The van der Waals surface area contributed by atoms with Gasteiger partial charge >= 0.3 is 6.03 Å². The van der Waals surface area contributed by atoms with E-state index in [0.717, 1.165) is 0 Å². The molecule has 3 N–H and O–H groups in total. The molecule has 26 heavy (non-hydrogen) atoms. The second-order valence-corrected chi connectivity index (χ2v) is 6.37. The summed E-state index contributed by atoms with van der Waals surface area (Å²) in [5.74, 6) is 1.12. The number of benzene rings is 1. The average molecular weight is 357 g/mol. The second-order valence-electron chi connectivity index (χ2n) is 6.37. The molecule has 138 valence electrons. The van der Waals surface area contributed by atoms with E-state index in [1.807, 2.05) is 0 Å². The Labute approximate surface area is 152 Å². The van der Waals surface area contributed by atoms with Gasteiger partial charge < -0.3 is 25.1 Å². The predicted octanol–water partition coefficient (Wildman–Crippen LogP) is 3.35. The van der Waals surface area contributed by atoms with Crippen molar-refractivity contribution < 1.29 is 18.7 Å². The molecule has 1 aromatic carbocycles. The smallest absolute Gasteiger partial charge is 0.319 e. The van der Waals surface area contributed by atoms with Gasteiger partial charge in [-0.15, -0.1) is 0 Å². The summed E-state index contributed by atoms with van der Waals surface area (Å²) < 4.78 is 10.7. The number of carbonyl (C=O) groups excluding carboxylic acids is 2. The fourth-order valence-corrected chi connectivity index (χ4v) is 2.28. The van der Waals surface area contributed by atoms with Crippen LogP contribution in [0.25, 0.3) is 0 Å². The zero-order valence-corrected chi connectivity index (χ0v) is 14.7. The van der Waals surface area contributed by atoms with E-state index in [9.17, 15) is 9.59 Å². The van der Waals surface area contributed by atoms with Crippen molar-refractivity contribution >= 4 is 23.3 Å². The lowest BCUT2D eigenvalue weighted by molar-refractivity contribution is -0.126. The number of amides is 3. The van der Waals surface area contributed by atoms with Crippen LogP contribution in [0, 0.1) is 5.92 Å². The van der Waals surface area contributed by atoms with Gasteiger partial charge in [0, 0.05) is 11.4 Å². The molecular formula is C19H23N3O4. The molecule has 1 heterocycles. The Balaban J connectivity index is 1.42. The van der Waals surface area contributed by atoms with Crippen LogP contribution in [0.4, 0.5) is 16.2 Å². The van der Waals surface area contributed by atoms with Gasteiger partial charge in [0.05, 0.1) is 19.4 Å². The van der Waals surface area contributed by atoms with E-state index >= 15 is 0 Å². The fraction of sp³-hybridized carbons (Fsp3) is 0.368. The van der Waals surface area contributed by atoms with Gasteiger partial charge in [-0.25, -0.2) is 4.79 Å². The van der Waals surface area contributed by atoms with E-state index in [0.29, 0.717) is 36.2 Å². The normalized spacial score (nSPS) is 14.5. The number of nitrogens with one attached hydrogen (secondary N) is 3. The zero-order valence-electron chi connectivity index (χ0n) is 14.7. The van der Waals surface area contributed by atoms with E-state index in [2.05, 4.69) is 16.0 Å². The van der Waals surface area contributed by atoms with Crippen LogP contribution in [0.3, 0.4) is 0 Å². The minimum atomic E-state index is -0.485. The highest BCUT2D eigenvalue weighted by atomic mass is 16.5. The molecule has 7 nitrogen and oxygen atoms in total. The van der Waals surface area contributed by atoms with Crippen LogP contribution < -0.4 is 16.0 Å². The minimum absolute atomic E-state index is 0.178. The van der Waals surface area contributed by atoms with Crippen LogP contribution in [-0.2, 0) is 16.1 Å². The first-order chi connectivity index (χ1) is 12.6. The third-order valence-electron chi connectivity index (χ3n) is 4.06. The molecule has 1 aliphatic carbocycles. The topological polar surface area (TPSA) is 92.6 Å². The predicted molar refractivity (Wildman–Crippen MR) is 97.8 cm³/mol. The van der Waals surface area contributed by atoms with E-state index in [-0.39, 0.29) is 11.9 Å². The van der Waals surface area contributed by atoms with Gasteiger partial charge in [-0.2, -0.15) is 0 Å². The molecule has 0 radical (unpaired) electrons. The first-order valence-electron chi connectivity index (χ1n) is 8.70. The quantitative estimate of drug-likeness (QED) is 0.675. The number of furan rings is 1. The first kappa shape index (κ1) is 18.0. The maximum Gasteiger partial charge on any atom is 0.319 e. The zero-order chi connectivity index (χ0) is 18.4. The Kier molecular flexibility index (Phi) is 5.91. The number of carbonyl (C=O) groups is 2. The summed E-state index contributed by atoms with van der Waals surface area (Å²) in [4.78, 5) is 23.9. The molecule has 0 saturated heterocycles. The van der Waals surface area contributed by atoms with E-state index in [4.69, 9.17) is 9.15 Å². The Hall–Kier alpha value is -2.80. The summed E-state index contributed by atoms with van der Waals surface area (Å²) in [6.45, 7) is 2.70. The molecule has 0 bridgehead atoms. The highest BCUT2D eigenvalue weighted by molar-refractivity contribution is 5.94. The summed E-state index contributed by atoms with van der Waals surface area (Å²) in [5, 5.41) is 8.22. The van der Waals surface area contributed by atoms with Crippen molar-refractivity contribution in [1.82, 2.24) is 5.32 Å². The number of rotatable bonds is 8. The van der Waals surface area contributed by atoms with E-state index in [1.165, 1.54) is 12.8 Å². The van der Waals surface area contributed by atoms with Crippen molar-refractivity contribution in [1.29, 1.82) is 0 Å². The summed E-state index contributed by atoms with van der Waals surface area (Å²) >= 11 is 0. The van der Waals surface area contributed by atoms with Crippen molar-refractivity contribution in [3.05, 3.63) is 48.4 Å². The van der Waals surface area contributed by atoms with Crippen LogP contribution in [0.1, 0.15) is 25.5 Å². The highest BCUT2D eigenvalue weighted by Crippen LogP contribution is 2.29. The van der Waals surface area contributed by atoms with Gasteiger partial charge in [-0.1, -0.05) is 0 Å². The molecule has 3 rings (SSSR count). The number of hydrogen-bond donors (Lipinski definition) is 3. The number of urea groups is 1. The van der Waals surface area contributed by atoms with Crippen LogP contribution in [0.5, 0.6) is 0 Å². The van der Waals surface area contributed by atoms with E-state index < -0.39 is 6.10 Å². The van der Waals surface area contributed by atoms with Gasteiger partial charge in [0.15, 0.2) is 0 Å². The van der Waals surface area contributed by atoms with Gasteiger partial charge in [-0.05, 0) is 62.1 Å². The molecule has 1 aromatic heterocycles. The molecule has 3 amide bonds. The molecule has 0 spiro atoms. The summed E-state index contributed by atoms with van der Waals surface area (Å²) in [7, 11) is 0. The third-order valence-corrected chi connectivity index (χ3v) is 4.06. The van der Waals surface area contributed by atoms with Crippen molar-refractivity contribution in [2.45, 2.75) is 32.4 Å². The summed E-state index contributed by atoms with van der Waals surface area (Å²) in [5.41, 5.74) is 1.27. The monoisotopic (exact) mass is 357 g/mol. The molecule has 1 saturated carbocycles. The Morgan fingerprint density at radius 2 is 1.85 bits per heavy atom. The lowest BCUT2D eigenvalue weighted by Gasteiger charge is -2.13. The fourth-order valence-electron chi connectivity index (χ4n) is 2.28. The van der Waals surface area contributed by atoms with Crippen molar-refractivity contribution in [3.8, 4) is 0 Å². The van der Waals surface area contributed by atoms with Gasteiger partial charge in [0.2, 0.25) is 0 Å². The Morgan fingerprint density at radius 3 is 2.46 bits per heavy atom. The van der Waals surface area contributed by atoms with E-state index in [1.54, 1.807) is 49.6 Å². The minimum Gasteiger partial charge on any atom is -0.467 e. The molecule has 1 aliphatic rings. The maximum atomic E-state index is 12.1. The number of hydrogen-bond acceptors (Lipinski definition) is 4. The number of ether oxygens (including phenoxy) is 1. The van der Waals surface area contributed by atoms with Crippen LogP contribution >= 0.6 is 0 Å². The standard InChI is InChI=1S/C19H23N3O4/c1-13(26-12-14-4-5-14)18(23)21-15-6-8-16(9-7-15)22-19(24)20-11-17-3-2-10-25-17/h2-3,6-10,13-14H,4-5,11-12H2,1H3,(H,21,23)(H2,20,22,24). The molecule has 0 aliphatic heterocycles. The Morgan fingerprint density at radius 1 is 1.15 bits per heavy atom. The van der Waals surface area contributed by atoms with Crippen LogP contribution in [0.2, 0.25) is 0 Å². The molecule has 1 unspecified atom stereocenters. The third kappa shape index (κ3) is 5.63. The van der Waals surface area contributed by atoms with Gasteiger partial charge in [0.25, 0.3) is 5.91 Å². The Bertz CT molecular complexity index is 724. The molecular weight excluding hydrogens is 334 g/mol. The average Bonchev–Trinajstić information content (AvgIpc) is 3.32. The summed E-state index contributed by atoms with van der Waals surface area (Å²) in [6.07, 6.45) is 3.45. The second kappa shape index (κ2) is 8.53. The molecule has 2 aromatic rings. The lowest BCUT2D eigenvalue weighted by atomic mass is 10.2. The SMILES string of the molecule is CC(OCC1CC1)C(=O)Nc1ccc(NC(=O)NCc2ccco2)cc1. The highest BCUT2D eigenvalue weighted by Gasteiger charge is 2.24. The molecule has 1 fully saturated rings. The van der Waals surface area contributed by atoms with Crippen LogP contribution in [0.15, 0.2) is 47.1 Å². The van der Waals surface area contributed by atoms with Gasteiger partial charge in [0.1, 0.15) is 11.9 Å². The number of anilines is 2. The molecule has 7 heteroatoms. The van der Waals surface area contributed by atoms with Crippen molar-refractivity contribution in [3.63, 3.8) is 0 Å². The largest absolute Gasteiger partial charge is 0.467 e.